The van der Waals surface area contributed by atoms with Gasteiger partial charge in [0.25, 0.3) is 11.8 Å². The van der Waals surface area contributed by atoms with Crippen molar-refractivity contribution < 1.29 is 34.3 Å². The summed E-state index contributed by atoms with van der Waals surface area (Å²) in [6, 6.07) is -2.32. The highest BCUT2D eigenvalue weighted by atomic mass is 32.2. The van der Waals surface area contributed by atoms with Gasteiger partial charge in [-0.2, -0.15) is 5.06 Å². The number of fused-ring (bicyclic) bond motifs is 1. The number of imide groups is 1. The zero-order valence-electron chi connectivity index (χ0n) is 14.3. The lowest BCUT2D eigenvalue weighted by molar-refractivity contribution is -0.171. The molecule has 3 rings (SSSR count). The van der Waals surface area contributed by atoms with Gasteiger partial charge in [-0.15, -0.1) is 11.8 Å². The Morgan fingerprint density at radius 1 is 1.26 bits per heavy atom. The van der Waals surface area contributed by atoms with Crippen LogP contribution < -0.4 is 16.0 Å². The smallest absolute Gasteiger partial charge is 0.315 e. The summed E-state index contributed by atoms with van der Waals surface area (Å²) < 4.78 is -1.09. The number of hydroxylamine groups is 2. The summed E-state index contributed by atoms with van der Waals surface area (Å²) in [6.45, 7) is 0. The van der Waals surface area contributed by atoms with Crippen LogP contribution in [0.5, 0.6) is 0 Å². The Morgan fingerprint density at radius 3 is 2.63 bits per heavy atom. The van der Waals surface area contributed by atoms with Crippen LogP contribution in [-0.4, -0.2) is 73.7 Å². The van der Waals surface area contributed by atoms with Gasteiger partial charge in [-0.25, -0.2) is 4.79 Å². The van der Waals surface area contributed by atoms with Gasteiger partial charge >= 0.3 is 12.0 Å². The van der Waals surface area contributed by atoms with Gasteiger partial charge in [0, 0.05) is 12.2 Å². The highest BCUT2D eigenvalue weighted by Gasteiger charge is 2.58. The normalized spacial score (nSPS) is 32.3. The first-order valence-electron chi connectivity index (χ1n) is 8.54. The van der Waals surface area contributed by atoms with Crippen molar-refractivity contribution in [3.8, 4) is 0 Å². The molecule has 0 aromatic carbocycles. The number of carboxylic acids is 1. The summed E-state index contributed by atoms with van der Waals surface area (Å²) in [5.41, 5.74) is 0. The molecule has 0 aromatic heterocycles. The molecule has 0 spiro atoms. The van der Waals surface area contributed by atoms with Crippen molar-refractivity contribution >= 4 is 41.5 Å². The van der Waals surface area contributed by atoms with Crippen molar-refractivity contribution in [2.75, 3.05) is 5.75 Å². The monoisotopic (exact) mass is 400 g/mol. The number of carboxylic acid groups (broad SMARTS) is 1. The van der Waals surface area contributed by atoms with Gasteiger partial charge in [0.05, 0.1) is 18.5 Å². The van der Waals surface area contributed by atoms with Gasteiger partial charge < -0.3 is 21.1 Å². The van der Waals surface area contributed by atoms with Crippen LogP contribution in [-0.2, 0) is 19.2 Å². The SMILES string of the molecule is O=C(O)CCCC[C@]1(C(=O)NC2CC(=O)N(O)C2=O)SC[C@@H]2NC(=O)N[C@@H]21. The van der Waals surface area contributed by atoms with Gasteiger partial charge in [-0.05, 0) is 12.8 Å². The van der Waals surface area contributed by atoms with Crippen LogP contribution in [0, 0.1) is 0 Å². The van der Waals surface area contributed by atoms with E-state index < -0.39 is 40.5 Å². The third-order valence-electron chi connectivity index (χ3n) is 5.03. The highest BCUT2D eigenvalue weighted by molar-refractivity contribution is 8.01. The molecule has 0 saturated carbocycles. The number of amides is 5. The largest absolute Gasteiger partial charge is 0.481 e. The fraction of sp³-hybridized carbons (Fsp3) is 0.667. The van der Waals surface area contributed by atoms with Crippen molar-refractivity contribution in [1.29, 1.82) is 0 Å². The third kappa shape index (κ3) is 3.58. The molecule has 3 aliphatic heterocycles. The topological polar surface area (TPSA) is 165 Å². The molecule has 12 heteroatoms. The molecular formula is C15H20N4O7S. The zero-order valence-corrected chi connectivity index (χ0v) is 15.1. The fourth-order valence-corrected chi connectivity index (χ4v) is 5.30. The van der Waals surface area contributed by atoms with E-state index in [-0.39, 0.29) is 30.0 Å². The van der Waals surface area contributed by atoms with E-state index >= 15 is 0 Å². The first-order valence-corrected chi connectivity index (χ1v) is 9.52. The molecule has 4 atom stereocenters. The molecule has 1 unspecified atom stereocenters. The average molecular weight is 400 g/mol. The summed E-state index contributed by atoms with van der Waals surface area (Å²) in [5, 5.41) is 26.1. The summed E-state index contributed by atoms with van der Waals surface area (Å²) in [5.74, 6) is -2.66. The second kappa shape index (κ2) is 7.35. The van der Waals surface area contributed by atoms with Crippen molar-refractivity contribution in [3.05, 3.63) is 0 Å². The van der Waals surface area contributed by atoms with Crippen LogP contribution in [0.2, 0.25) is 0 Å². The quantitative estimate of drug-likeness (QED) is 0.154. The lowest BCUT2D eigenvalue weighted by atomic mass is 9.88. The summed E-state index contributed by atoms with van der Waals surface area (Å²) in [4.78, 5) is 58.8. The molecule has 5 N–H and O–H groups in total. The minimum Gasteiger partial charge on any atom is -0.481 e. The van der Waals surface area contributed by atoms with Crippen molar-refractivity contribution in [2.45, 2.75) is 55.0 Å². The predicted molar refractivity (Wildman–Crippen MR) is 90.7 cm³/mol. The molecule has 27 heavy (non-hydrogen) atoms. The van der Waals surface area contributed by atoms with E-state index in [1.807, 2.05) is 0 Å². The molecule has 148 valence electrons. The number of carbonyl (C=O) groups is 5. The Balaban J connectivity index is 1.74. The number of thioether (sulfide) groups is 1. The molecule has 3 saturated heterocycles. The van der Waals surface area contributed by atoms with E-state index in [2.05, 4.69) is 16.0 Å². The Hall–Kier alpha value is -2.34. The second-order valence-electron chi connectivity index (χ2n) is 6.78. The molecule has 0 radical (unpaired) electrons. The van der Waals surface area contributed by atoms with E-state index in [0.717, 1.165) is 0 Å². The lowest BCUT2D eigenvalue weighted by Crippen LogP contribution is -2.58. The van der Waals surface area contributed by atoms with Gasteiger partial charge in [0.2, 0.25) is 5.91 Å². The molecule has 5 amide bonds. The number of hydrogen-bond donors (Lipinski definition) is 5. The standard InChI is InChI=1S/C15H20N4O7S/c20-9-5-7(12(23)19(9)26)16-13(24)15(4-2-1-3-10(21)22)11-8(6-27-15)17-14(25)18-11/h7-8,11,26H,1-6H2,(H,16,24)(H,21,22)(H2,17,18,25)/t7?,8-,11-,15-/m0/s1. The number of hydrogen-bond acceptors (Lipinski definition) is 7. The maximum Gasteiger partial charge on any atom is 0.315 e. The van der Waals surface area contributed by atoms with Gasteiger partial charge in [0.1, 0.15) is 10.8 Å². The van der Waals surface area contributed by atoms with E-state index in [1.54, 1.807) is 0 Å². The minimum atomic E-state index is -1.16. The molecule has 0 aromatic rings. The van der Waals surface area contributed by atoms with E-state index in [1.165, 1.54) is 11.8 Å². The molecule has 0 bridgehead atoms. The Labute approximate surface area is 158 Å². The van der Waals surface area contributed by atoms with Crippen LogP contribution in [0.25, 0.3) is 0 Å². The zero-order chi connectivity index (χ0) is 19.8. The van der Waals surface area contributed by atoms with E-state index in [0.29, 0.717) is 25.0 Å². The summed E-state index contributed by atoms with van der Waals surface area (Å²) >= 11 is 1.33. The number of rotatable bonds is 7. The second-order valence-corrected chi connectivity index (χ2v) is 8.13. The van der Waals surface area contributed by atoms with Crippen LogP contribution in [0.1, 0.15) is 32.1 Å². The van der Waals surface area contributed by atoms with E-state index in [4.69, 9.17) is 5.11 Å². The highest BCUT2D eigenvalue weighted by Crippen LogP contribution is 2.44. The Bertz CT molecular complexity index is 702. The molecule has 0 aliphatic carbocycles. The van der Waals surface area contributed by atoms with Crippen LogP contribution >= 0.6 is 11.8 Å². The summed E-state index contributed by atoms with van der Waals surface area (Å²) in [7, 11) is 0. The first kappa shape index (κ1) is 19.4. The molecular weight excluding hydrogens is 380 g/mol. The number of aliphatic carboxylic acids is 1. The predicted octanol–water partition coefficient (Wildman–Crippen LogP) is -1.20. The number of urea groups is 1. The Kier molecular flexibility index (Phi) is 5.29. The van der Waals surface area contributed by atoms with Crippen molar-refractivity contribution in [1.82, 2.24) is 21.0 Å². The molecule has 3 heterocycles. The average Bonchev–Trinajstić information content (AvgIpc) is 3.21. The number of carbonyl (C=O) groups excluding carboxylic acids is 4. The minimum absolute atomic E-state index is 0.00598. The van der Waals surface area contributed by atoms with Crippen LogP contribution in [0.4, 0.5) is 4.79 Å². The van der Waals surface area contributed by atoms with Gasteiger partial charge in [-0.3, -0.25) is 24.4 Å². The molecule has 11 nitrogen and oxygen atoms in total. The molecule has 3 fully saturated rings. The van der Waals surface area contributed by atoms with Gasteiger partial charge in [0.15, 0.2) is 0 Å². The summed E-state index contributed by atoms with van der Waals surface area (Å²) in [6.07, 6.45) is 0.748. The maximum absolute atomic E-state index is 13.1. The van der Waals surface area contributed by atoms with E-state index in [9.17, 15) is 29.2 Å². The van der Waals surface area contributed by atoms with Crippen LogP contribution in [0.3, 0.4) is 0 Å². The third-order valence-corrected chi connectivity index (χ3v) is 6.71. The Morgan fingerprint density at radius 2 is 2.00 bits per heavy atom. The van der Waals surface area contributed by atoms with Gasteiger partial charge in [-0.1, -0.05) is 6.42 Å². The maximum atomic E-state index is 13.1. The number of nitrogens with one attached hydrogen (secondary N) is 3. The lowest BCUT2D eigenvalue weighted by Gasteiger charge is -2.33. The number of unbranched alkanes of at least 4 members (excludes halogenated alkanes) is 1. The molecule has 3 aliphatic rings. The van der Waals surface area contributed by atoms with Crippen molar-refractivity contribution in [3.63, 3.8) is 0 Å². The fourth-order valence-electron chi connectivity index (χ4n) is 3.67. The van der Waals surface area contributed by atoms with Crippen LogP contribution in [0.15, 0.2) is 0 Å². The van der Waals surface area contributed by atoms with Crippen molar-refractivity contribution in [2.24, 2.45) is 0 Å². The first-order chi connectivity index (χ1) is 12.7. The number of nitrogens with zero attached hydrogens (tertiary/aromatic N) is 1.